The first kappa shape index (κ1) is 14.5. The molecule has 1 heterocycles. The third-order valence-corrected chi connectivity index (χ3v) is 3.65. The Morgan fingerprint density at radius 2 is 2.05 bits per heavy atom. The van der Waals surface area contributed by atoms with Crippen molar-refractivity contribution in [3.63, 3.8) is 0 Å². The minimum atomic E-state index is -1.11. The van der Waals surface area contributed by atoms with Gasteiger partial charge in [-0.2, -0.15) is 0 Å². The van der Waals surface area contributed by atoms with Gasteiger partial charge in [0.25, 0.3) is 5.91 Å². The summed E-state index contributed by atoms with van der Waals surface area (Å²) in [6.45, 7) is 1.73. The number of rotatable bonds is 4. The van der Waals surface area contributed by atoms with E-state index in [4.69, 9.17) is 9.84 Å². The van der Waals surface area contributed by atoms with Crippen LogP contribution in [0.2, 0.25) is 0 Å². The maximum atomic E-state index is 12.1. The zero-order valence-corrected chi connectivity index (χ0v) is 11.1. The van der Waals surface area contributed by atoms with Gasteiger partial charge in [-0.3, -0.25) is 9.59 Å². The van der Waals surface area contributed by atoms with Crippen molar-refractivity contribution in [2.24, 2.45) is 5.41 Å². The van der Waals surface area contributed by atoms with Crippen molar-refractivity contribution in [3.05, 3.63) is 35.4 Å². The number of hydrogen-bond donors (Lipinski definition) is 3. The van der Waals surface area contributed by atoms with Crippen LogP contribution in [0.3, 0.4) is 0 Å². The lowest BCUT2D eigenvalue weighted by molar-refractivity contribution is -0.148. The predicted octanol–water partition coefficient (Wildman–Crippen LogP) is 0.398. The van der Waals surface area contributed by atoms with E-state index in [1.165, 1.54) is 0 Å². The Hall–Kier alpha value is -1.92. The Balaban J connectivity index is 2.09. The van der Waals surface area contributed by atoms with Crippen LogP contribution in [-0.4, -0.2) is 41.3 Å². The van der Waals surface area contributed by atoms with E-state index >= 15 is 0 Å². The highest BCUT2D eigenvalue weighted by Gasteiger charge is 2.47. The molecule has 1 aliphatic heterocycles. The van der Waals surface area contributed by atoms with Crippen molar-refractivity contribution in [2.45, 2.75) is 19.6 Å². The second kappa shape index (κ2) is 5.60. The summed E-state index contributed by atoms with van der Waals surface area (Å²) in [6.07, 6.45) is 0. The Bertz CT molecular complexity index is 513. The first-order chi connectivity index (χ1) is 9.47. The number of benzene rings is 1. The van der Waals surface area contributed by atoms with E-state index in [2.05, 4.69) is 5.32 Å². The lowest BCUT2D eigenvalue weighted by atomic mass is 9.85. The fourth-order valence-electron chi connectivity index (χ4n) is 2.09. The number of carbonyl (C=O) groups is 2. The molecule has 2 rings (SSSR count). The molecular weight excluding hydrogens is 262 g/mol. The van der Waals surface area contributed by atoms with Gasteiger partial charge in [0.1, 0.15) is 5.41 Å². The third kappa shape index (κ3) is 2.66. The van der Waals surface area contributed by atoms with Crippen molar-refractivity contribution in [2.75, 3.05) is 13.2 Å². The molecule has 0 bridgehead atoms. The number of carboxylic acids is 1. The summed E-state index contributed by atoms with van der Waals surface area (Å²) in [4.78, 5) is 23.4. The molecule has 0 radical (unpaired) electrons. The Labute approximate surface area is 116 Å². The summed E-state index contributed by atoms with van der Waals surface area (Å²) in [5, 5.41) is 20.9. The first-order valence-electron chi connectivity index (χ1n) is 6.29. The smallest absolute Gasteiger partial charge is 0.313 e. The van der Waals surface area contributed by atoms with Gasteiger partial charge in [0.15, 0.2) is 0 Å². The summed E-state index contributed by atoms with van der Waals surface area (Å²) >= 11 is 0. The van der Waals surface area contributed by atoms with Gasteiger partial charge >= 0.3 is 5.97 Å². The number of nitrogens with one attached hydrogen (secondary N) is 1. The molecule has 0 aliphatic carbocycles. The van der Waals surface area contributed by atoms with Gasteiger partial charge in [-0.15, -0.1) is 0 Å². The molecule has 1 aromatic rings. The van der Waals surface area contributed by atoms with Crippen LogP contribution in [0.5, 0.6) is 0 Å². The highest BCUT2D eigenvalue weighted by molar-refractivity contribution is 5.95. The number of hydrogen-bond acceptors (Lipinski definition) is 4. The molecule has 1 aromatic carbocycles. The average molecular weight is 279 g/mol. The van der Waals surface area contributed by atoms with Gasteiger partial charge in [0, 0.05) is 5.56 Å². The molecule has 0 spiro atoms. The second-order valence-corrected chi connectivity index (χ2v) is 5.12. The Morgan fingerprint density at radius 1 is 1.40 bits per heavy atom. The van der Waals surface area contributed by atoms with E-state index in [-0.39, 0.29) is 25.7 Å². The fraction of sp³-hybridized carbons (Fsp3) is 0.429. The van der Waals surface area contributed by atoms with Crippen LogP contribution in [0.4, 0.5) is 0 Å². The standard InChI is InChI=1S/C14H17NO5/c1-14(13(18)19)8-20-7-11(14)15-12(17)10-4-2-9(6-16)3-5-10/h2-5,11,16H,6-8H2,1H3,(H,15,17)(H,18,19). The summed E-state index contributed by atoms with van der Waals surface area (Å²) in [7, 11) is 0. The predicted molar refractivity (Wildman–Crippen MR) is 70.2 cm³/mol. The molecule has 1 saturated heterocycles. The van der Waals surface area contributed by atoms with Gasteiger partial charge < -0.3 is 20.3 Å². The number of aliphatic hydroxyl groups excluding tert-OH is 1. The molecule has 1 aliphatic rings. The lowest BCUT2D eigenvalue weighted by Gasteiger charge is -2.25. The molecule has 1 fully saturated rings. The van der Waals surface area contributed by atoms with Crippen molar-refractivity contribution in [1.29, 1.82) is 0 Å². The largest absolute Gasteiger partial charge is 0.481 e. The fourth-order valence-corrected chi connectivity index (χ4v) is 2.09. The zero-order valence-electron chi connectivity index (χ0n) is 11.1. The highest BCUT2D eigenvalue weighted by atomic mass is 16.5. The number of ether oxygens (including phenoxy) is 1. The van der Waals surface area contributed by atoms with Crippen molar-refractivity contribution in [1.82, 2.24) is 5.32 Å². The van der Waals surface area contributed by atoms with E-state index in [0.717, 1.165) is 0 Å². The summed E-state index contributed by atoms with van der Waals surface area (Å²) < 4.78 is 5.18. The van der Waals surface area contributed by atoms with E-state index in [0.29, 0.717) is 11.1 Å². The molecule has 20 heavy (non-hydrogen) atoms. The molecule has 6 nitrogen and oxygen atoms in total. The van der Waals surface area contributed by atoms with Crippen LogP contribution < -0.4 is 5.32 Å². The number of aliphatic hydroxyl groups is 1. The second-order valence-electron chi connectivity index (χ2n) is 5.12. The third-order valence-electron chi connectivity index (χ3n) is 3.65. The molecular formula is C14H17NO5. The number of aliphatic carboxylic acids is 1. The maximum Gasteiger partial charge on any atom is 0.313 e. The first-order valence-corrected chi connectivity index (χ1v) is 6.29. The summed E-state index contributed by atoms with van der Waals surface area (Å²) in [5.74, 6) is -1.34. The van der Waals surface area contributed by atoms with E-state index < -0.39 is 17.4 Å². The van der Waals surface area contributed by atoms with Gasteiger partial charge in [0.05, 0.1) is 25.9 Å². The van der Waals surface area contributed by atoms with E-state index in [1.807, 2.05) is 0 Å². The van der Waals surface area contributed by atoms with Crippen LogP contribution in [0.1, 0.15) is 22.8 Å². The highest BCUT2D eigenvalue weighted by Crippen LogP contribution is 2.28. The normalized spacial score (nSPS) is 25.4. The quantitative estimate of drug-likeness (QED) is 0.741. The maximum absolute atomic E-state index is 12.1. The molecule has 2 unspecified atom stereocenters. The van der Waals surface area contributed by atoms with Crippen molar-refractivity contribution < 1.29 is 24.5 Å². The van der Waals surface area contributed by atoms with E-state index in [9.17, 15) is 14.7 Å². The molecule has 2 atom stereocenters. The SMILES string of the molecule is CC1(C(=O)O)COCC1NC(=O)c1ccc(CO)cc1. The lowest BCUT2D eigenvalue weighted by Crippen LogP contribution is -2.49. The van der Waals surface area contributed by atoms with Crippen LogP contribution in [-0.2, 0) is 16.1 Å². The summed E-state index contributed by atoms with van der Waals surface area (Å²) in [6, 6.07) is 5.92. The zero-order chi connectivity index (χ0) is 14.8. The molecule has 0 aromatic heterocycles. The number of amides is 1. The molecule has 6 heteroatoms. The van der Waals surface area contributed by atoms with Gasteiger partial charge in [-0.05, 0) is 24.6 Å². The summed E-state index contributed by atoms with van der Waals surface area (Å²) in [5.41, 5.74) is 0.0173. The average Bonchev–Trinajstić information content (AvgIpc) is 2.81. The van der Waals surface area contributed by atoms with Crippen LogP contribution >= 0.6 is 0 Å². The van der Waals surface area contributed by atoms with Crippen LogP contribution in [0, 0.1) is 5.41 Å². The van der Waals surface area contributed by atoms with Crippen LogP contribution in [0.25, 0.3) is 0 Å². The molecule has 1 amide bonds. The minimum Gasteiger partial charge on any atom is -0.481 e. The number of carboxylic acid groups (broad SMARTS) is 1. The number of carbonyl (C=O) groups excluding carboxylic acids is 1. The monoisotopic (exact) mass is 279 g/mol. The van der Waals surface area contributed by atoms with Gasteiger partial charge in [-0.1, -0.05) is 12.1 Å². The van der Waals surface area contributed by atoms with Crippen LogP contribution in [0.15, 0.2) is 24.3 Å². The topological polar surface area (TPSA) is 95.9 Å². The molecule has 3 N–H and O–H groups in total. The van der Waals surface area contributed by atoms with Crippen molar-refractivity contribution in [3.8, 4) is 0 Å². The van der Waals surface area contributed by atoms with Gasteiger partial charge in [0.2, 0.25) is 0 Å². The van der Waals surface area contributed by atoms with Gasteiger partial charge in [-0.25, -0.2) is 0 Å². The van der Waals surface area contributed by atoms with Crippen molar-refractivity contribution >= 4 is 11.9 Å². The Morgan fingerprint density at radius 3 is 2.60 bits per heavy atom. The van der Waals surface area contributed by atoms with E-state index in [1.54, 1.807) is 31.2 Å². The molecule has 0 saturated carbocycles. The molecule has 108 valence electrons. The minimum absolute atomic E-state index is 0.0801. The Kier molecular flexibility index (Phi) is 4.06.